The van der Waals surface area contributed by atoms with E-state index < -0.39 is 11.7 Å². The van der Waals surface area contributed by atoms with Gasteiger partial charge < -0.3 is 28.9 Å². The van der Waals surface area contributed by atoms with Crippen LogP contribution < -0.4 is 4.74 Å². The summed E-state index contributed by atoms with van der Waals surface area (Å²) in [5.74, 6) is 0.785. The van der Waals surface area contributed by atoms with Gasteiger partial charge in [0.15, 0.2) is 0 Å². The van der Waals surface area contributed by atoms with E-state index in [0.717, 1.165) is 56.1 Å². The number of nitrogens with zero attached hydrogens (tertiary/aromatic N) is 4. The Labute approximate surface area is 358 Å². The predicted molar refractivity (Wildman–Crippen MR) is 228 cm³/mol. The molecule has 0 aliphatic heterocycles. The molecule has 0 unspecified atom stereocenters. The Balaban J connectivity index is 0.000000164. The number of ether oxygens (including phenoxy) is 1. The molecule has 0 saturated carbocycles. The van der Waals surface area contributed by atoms with Crippen LogP contribution >= 0.6 is 0 Å². The van der Waals surface area contributed by atoms with Crippen LogP contribution in [0.1, 0.15) is 16.7 Å². The van der Waals surface area contributed by atoms with Crippen molar-refractivity contribution in [2.45, 2.75) is 19.7 Å². The van der Waals surface area contributed by atoms with Gasteiger partial charge in [-0.3, -0.25) is 0 Å². The van der Waals surface area contributed by atoms with Gasteiger partial charge in [-0.25, -0.2) is 0 Å². The minimum absolute atomic E-state index is 0. The van der Waals surface area contributed by atoms with Gasteiger partial charge >= 0.3 is 27.2 Å². The molecule has 0 atom stereocenters. The third kappa shape index (κ3) is 7.36. The standard InChI is InChI=1S/C25H16F3N2O.C25H19N2O.Pt/c26-25(27,28)17-9-10-24(20(14-17)21-13-16(15-31)11-12-29-21)30-22-7-3-1-5-18(22)19-6-2-4-8-23(19)30;1-17-11-12-25(21(15-17)22-16-18(28-2)13-14-26-22)27-23-9-5-3-7-19(23)20-8-4-6-10-24(20)27;/h1-13,31H,15H2;3-14,16H,1-2H3;/q2*-1;+2. The summed E-state index contributed by atoms with van der Waals surface area (Å²) in [6, 6.07) is 52.4. The molecular weight excluding hydrogens is 941 g/mol. The number of halogens is 3. The molecule has 0 aliphatic rings. The zero-order valence-electron chi connectivity index (χ0n) is 32.3. The number of rotatable bonds is 6. The van der Waals surface area contributed by atoms with Crippen LogP contribution in [-0.2, 0) is 33.8 Å². The van der Waals surface area contributed by atoms with Crippen LogP contribution in [-0.4, -0.2) is 31.3 Å². The van der Waals surface area contributed by atoms with Crippen molar-refractivity contribution in [3.8, 4) is 39.6 Å². The van der Waals surface area contributed by atoms with Gasteiger partial charge in [-0.05, 0) is 76.4 Å². The number of aryl methyl sites for hydroxylation is 1. The summed E-state index contributed by atoms with van der Waals surface area (Å²) in [5.41, 5.74) is 8.78. The summed E-state index contributed by atoms with van der Waals surface area (Å²) in [6.07, 6.45) is -1.28. The number of hydrogen-bond donors (Lipinski definition) is 1. The van der Waals surface area contributed by atoms with Crippen LogP contribution in [0.4, 0.5) is 13.2 Å². The first-order chi connectivity index (χ1) is 28.7. The van der Waals surface area contributed by atoms with Crippen molar-refractivity contribution in [2.75, 3.05) is 7.11 Å². The average molecular weight is 976 g/mol. The van der Waals surface area contributed by atoms with Crippen LogP contribution in [0.5, 0.6) is 5.75 Å². The molecule has 298 valence electrons. The van der Waals surface area contributed by atoms with Crippen molar-refractivity contribution >= 4 is 43.6 Å². The topological polar surface area (TPSA) is 65.1 Å². The summed E-state index contributed by atoms with van der Waals surface area (Å²) in [6.45, 7) is 1.82. The summed E-state index contributed by atoms with van der Waals surface area (Å²) in [4.78, 5) is 8.89. The average Bonchev–Trinajstić information content (AvgIpc) is 3.79. The number of para-hydroxylation sites is 4. The molecule has 0 spiro atoms. The number of methoxy groups -OCH3 is 1. The summed E-state index contributed by atoms with van der Waals surface area (Å²) >= 11 is 0. The molecule has 6 nitrogen and oxygen atoms in total. The fourth-order valence-electron chi connectivity index (χ4n) is 7.75. The van der Waals surface area contributed by atoms with Crippen molar-refractivity contribution in [3.63, 3.8) is 0 Å². The first-order valence-electron chi connectivity index (χ1n) is 18.9. The largest absolute Gasteiger partial charge is 2.00 e. The third-order valence-electron chi connectivity index (χ3n) is 10.4. The molecule has 6 aromatic carbocycles. The maximum absolute atomic E-state index is 13.5. The Morgan fingerprint density at radius 2 is 1.03 bits per heavy atom. The minimum Gasteiger partial charge on any atom is -0.497 e. The zero-order valence-corrected chi connectivity index (χ0v) is 34.6. The number of pyridine rings is 2. The van der Waals surface area contributed by atoms with Gasteiger partial charge in [-0.2, -0.15) is 13.2 Å². The molecule has 10 rings (SSSR count). The van der Waals surface area contributed by atoms with E-state index in [4.69, 9.17) is 4.74 Å². The molecule has 60 heavy (non-hydrogen) atoms. The minimum atomic E-state index is -4.54. The van der Waals surface area contributed by atoms with E-state index in [1.165, 1.54) is 34.1 Å². The smallest absolute Gasteiger partial charge is 0.497 e. The van der Waals surface area contributed by atoms with Crippen molar-refractivity contribution in [2.24, 2.45) is 0 Å². The van der Waals surface area contributed by atoms with Gasteiger partial charge in [0.25, 0.3) is 0 Å². The van der Waals surface area contributed by atoms with Gasteiger partial charge in [-0.15, -0.1) is 53.1 Å². The molecule has 4 aromatic heterocycles. The Morgan fingerprint density at radius 1 is 0.583 bits per heavy atom. The molecule has 1 N–H and O–H groups in total. The number of hydrogen-bond acceptors (Lipinski definition) is 4. The maximum atomic E-state index is 13.5. The van der Waals surface area contributed by atoms with E-state index in [1.54, 1.807) is 25.4 Å². The van der Waals surface area contributed by atoms with E-state index in [-0.39, 0.29) is 33.2 Å². The maximum Gasteiger partial charge on any atom is 2.00 e. The number of aromatic nitrogens is 4. The normalized spacial score (nSPS) is 11.4. The third-order valence-corrected chi connectivity index (χ3v) is 10.4. The first kappa shape index (κ1) is 40.2. The molecular formula is C50H35F3N4O2Pt. The second-order valence-electron chi connectivity index (χ2n) is 14.1. The van der Waals surface area contributed by atoms with Crippen LogP contribution in [0, 0.1) is 19.1 Å². The molecule has 10 heteroatoms. The molecule has 4 heterocycles. The van der Waals surface area contributed by atoms with E-state index in [1.807, 2.05) is 65.2 Å². The predicted octanol–water partition coefficient (Wildman–Crippen LogP) is 12.1. The number of aliphatic hydroxyl groups excluding tert-OH is 1. The Hall–Kier alpha value is -6.54. The van der Waals surface area contributed by atoms with Gasteiger partial charge in [0.1, 0.15) is 5.75 Å². The van der Waals surface area contributed by atoms with E-state index >= 15 is 0 Å². The Morgan fingerprint density at radius 3 is 1.52 bits per heavy atom. The summed E-state index contributed by atoms with van der Waals surface area (Å²) < 4.78 is 50.2. The van der Waals surface area contributed by atoms with Gasteiger partial charge in [0.05, 0.1) is 13.7 Å². The van der Waals surface area contributed by atoms with Gasteiger partial charge in [0.2, 0.25) is 0 Å². The Kier molecular flexibility index (Phi) is 11.1. The second-order valence-corrected chi connectivity index (χ2v) is 14.1. The van der Waals surface area contributed by atoms with Crippen LogP contribution in [0.3, 0.4) is 0 Å². The number of alkyl halides is 3. The SMILES string of the molecule is COc1ccnc(-c2[c-]c(C)ccc2-n2c3ccccc3c3ccccc32)c1.OCc1ccnc(-c2[c-]c(C(F)(F)F)ccc2-n2c3ccccc3c3ccccc32)c1.[Pt+2]. The van der Waals surface area contributed by atoms with E-state index in [0.29, 0.717) is 16.9 Å². The van der Waals surface area contributed by atoms with Crippen LogP contribution in [0.2, 0.25) is 0 Å². The van der Waals surface area contributed by atoms with Crippen molar-refractivity contribution < 1.29 is 44.1 Å². The Bertz CT molecular complexity index is 3070. The fourth-order valence-corrected chi connectivity index (χ4v) is 7.75. The van der Waals surface area contributed by atoms with E-state index in [9.17, 15) is 18.3 Å². The molecule has 0 aliphatic carbocycles. The van der Waals surface area contributed by atoms with Crippen molar-refractivity contribution in [1.29, 1.82) is 0 Å². The van der Waals surface area contributed by atoms with E-state index in [2.05, 4.69) is 94.3 Å². The number of aliphatic hydroxyl groups is 1. The van der Waals surface area contributed by atoms with Gasteiger partial charge in [0, 0.05) is 56.0 Å². The number of benzene rings is 6. The van der Waals surface area contributed by atoms with Crippen LogP contribution in [0.25, 0.3) is 77.5 Å². The number of fused-ring (bicyclic) bond motifs is 6. The fraction of sp³-hybridized carbons (Fsp3) is 0.0800. The quantitative estimate of drug-likeness (QED) is 0.169. The van der Waals surface area contributed by atoms with Crippen molar-refractivity contribution in [3.05, 3.63) is 187 Å². The molecule has 0 saturated heterocycles. The summed E-state index contributed by atoms with van der Waals surface area (Å²) in [7, 11) is 1.67. The van der Waals surface area contributed by atoms with Crippen molar-refractivity contribution in [1.82, 2.24) is 19.1 Å². The molecule has 0 fully saturated rings. The monoisotopic (exact) mass is 975 g/mol. The molecule has 0 radical (unpaired) electrons. The molecule has 10 aromatic rings. The van der Waals surface area contributed by atoms with Gasteiger partial charge in [-0.1, -0.05) is 85.8 Å². The van der Waals surface area contributed by atoms with Crippen LogP contribution in [0.15, 0.2) is 158 Å². The molecule has 0 amide bonds. The first-order valence-corrected chi connectivity index (χ1v) is 18.9. The zero-order chi connectivity index (χ0) is 40.7. The summed E-state index contributed by atoms with van der Waals surface area (Å²) in [5, 5.41) is 14.0. The molecule has 0 bridgehead atoms. The second kappa shape index (κ2) is 16.6.